The summed E-state index contributed by atoms with van der Waals surface area (Å²) in [6, 6.07) is 11.8. The van der Waals surface area contributed by atoms with E-state index < -0.39 is 5.97 Å². The largest absolute Gasteiger partial charge is 0.493 e. The minimum absolute atomic E-state index is 0.138. The van der Waals surface area contributed by atoms with Gasteiger partial charge in [0.15, 0.2) is 16.7 Å². The number of thioether (sulfide) groups is 1. The number of nitrogens with zero attached hydrogens (tertiary/aromatic N) is 2. The number of likely N-dealkylation sites (N-methyl/N-ethyl adjacent to an activating group) is 1. The predicted octanol–water partition coefficient (Wildman–Crippen LogP) is 4.42. The molecule has 1 amide bonds. The van der Waals surface area contributed by atoms with Crippen molar-refractivity contribution in [1.82, 2.24) is 4.90 Å². The maximum atomic E-state index is 12.8. The number of hydrogen-bond donors (Lipinski definition) is 1. The van der Waals surface area contributed by atoms with Gasteiger partial charge in [-0.05, 0) is 48.5 Å². The molecule has 1 fully saturated rings. The van der Waals surface area contributed by atoms with Crippen molar-refractivity contribution in [1.29, 1.82) is 0 Å². The number of para-hydroxylation sites is 1. The number of carboxylic acid groups (broad SMARTS) is 1. The number of amidine groups is 1. The summed E-state index contributed by atoms with van der Waals surface area (Å²) < 4.78 is 11.2. The van der Waals surface area contributed by atoms with E-state index in [1.807, 2.05) is 25.1 Å². The number of benzene rings is 2. The van der Waals surface area contributed by atoms with Gasteiger partial charge in [0.2, 0.25) is 0 Å². The highest BCUT2D eigenvalue weighted by atomic mass is 32.2. The van der Waals surface area contributed by atoms with Crippen LogP contribution in [-0.2, 0) is 4.79 Å². The molecule has 0 saturated carbocycles. The normalized spacial score (nSPS) is 16.4. The number of ether oxygens (including phenoxy) is 2. The molecule has 0 aromatic heterocycles. The Labute approximate surface area is 179 Å². The van der Waals surface area contributed by atoms with Gasteiger partial charge in [0.1, 0.15) is 0 Å². The minimum Gasteiger partial charge on any atom is -0.493 e. The molecule has 3 rings (SSSR count). The molecule has 0 radical (unpaired) electrons. The first kappa shape index (κ1) is 21.4. The van der Waals surface area contributed by atoms with Gasteiger partial charge in [-0.1, -0.05) is 25.1 Å². The first-order valence-corrected chi connectivity index (χ1v) is 10.2. The lowest BCUT2D eigenvalue weighted by Gasteiger charge is -2.13. The van der Waals surface area contributed by atoms with Crippen molar-refractivity contribution in [2.75, 3.05) is 20.8 Å². The Bertz CT molecular complexity index is 1030. The van der Waals surface area contributed by atoms with Crippen LogP contribution in [0.2, 0.25) is 0 Å². The molecule has 0 bridgehead atoms. The third kappa shape index (κ3) is 4.65. The summed E-state index contributed by atoms with van der Waals surface area (Å²) in [5, 5.41) is 9.62. The molecule has 1 saturated heterocycles. The fourth-order valence-corrected chi connectivity index (χ4v) is 3.76. The Balaban J connectivity index is 1.94. The summed E-state index contributed by atoms with van der Waals surface area (Å²) in [4.78, 5) is 30.3. The zero-order valence-electron chi connectivity index (χ0n) is 16.9. The molecule has 1 N–H and O–H groups in total. The van der Waals surface area contributed by atoms with Crippen molar-refractivity contribution in [2.24, 2.45) is 4.99 Å². The number of aromatic carboxylic acids is 1. The van der Waals surface area contributed by atoms with Gasteiger partial charge in [-0.25, -0.2) is 9.79 Å². The number of carboxylic acids is 1. The van der Waals surface area contributed by atoms with Crippen LogP contribution < -0.4 is 9.47 Å². The van der Waals surface area contributed by atoms with E-state index in [4.69, 9.17) is 14.6 Å². The quantitative estimate of drug-likeness (QED) is 0.660. The highest BCUT2D eigenvalue weighted by Gasteiger charge is 2.31. The van der Waals surface area contributed by atoms with E-state index >= 15 is 0 Å². The van der Waals surface area contributed by atoms with Crippen molar-refractivity contribution in [3.8, 4) is 11.5 Å². The monoisotopic (exact) mass is 426 g/mol. The average Bonchev–Trinajstić information content (AvgIpc) is 3.00. The number of aliphatic imine (C=N–C) groups is 1. The second-order valence-corrected chi connectivity index (χ2v) is 7.46. The molecule has 2 aromatic carbocycles. The van der Waals surface area contributed by atoms with Crippen molar-refractivity contribution >= 4 is 40.6 Å². The van der Waals surface area contributed by atoms with E-state index in [1.54, 1.807) is 32.4 Å². The Morgan fingerprint density at radius 2 is 2.03 bits per heavy atom. The van der Waals surface area contributed by atoms with Gasteiger partial charge in [0, 0.05) is 12.6 Å². The standard InChI is InChI=1S/C22H22N2O5S/c1-4-11-29-19-14(7-6-10-17(19)28-3)13-18-20(25)24(2)22(30-18)23-16-9-5-8-15(12-16)21(26)27/h5-10,12-13H,4,11H2,1-3H3,(H,26,27)/b18-13+,23-22?. The van der Waals surface area contributed by atoms with Crippen molar-refractivity contribution in [2.45, 2.75) is 13.3 Å². The van der Waals surface area contributed by atoms with Crippen LogP contribution in [0.3, 0.4) is 0 Å². The molecule has 1 heterocycles. The average molecular weight is 426 g/mol. The van der Waals surface area contributed by atoms with Crippen LogP contribution in [0.5, 0.6) is 11.5 Å². The summed E-state index contributed by atoms with van der Waals surface area (Å²) >= 11 is 1.22. The van der Waals surface area contributed by atoms with Crippen LogP contribution in [0, 0.1) is 0 Å². The number of methoxy groups -OCH3 is 1. The second-order valence-electron chi connectivity index (χ2n) is 6.45. The molecule has 2 aromatic rings. The van der Waals surface area contributed by atoms with Gasteiger partial charge < -0.3 is 14.6 Å². The van der Waals surface area contributed by atoms with Crippen molar-refractivity contribution < 1.29 is 24.2 Å². The molecule has 1 aliphatic heterocycles. The highest BCUT2D eigenvalue weighted by Crippen LogP contribution is 2.37. The van der Waals surface area contributed by atoms with Crippen LogP contribution in [0.1, 0.15) is 29.3 Å². The van der Waals surface area contributed by atoms with E-state index in [-0.39, 0.29) is 11.5 Å². The third-order valence-electron chi connectivity index (χ3n) is 4.29. The fraction of sp³-hybridized carbons (Fsp3) is 0.227. The number of amides is 1. The number of carbonyl (C=O) groups excluding carboxylic acids is 1. The van der Waals surface area contributed by atoms with Crippen LogP contribution >= 0.6 is 11.8 Å². The lowest BCUT2D eigenvalue weighted by atomic mass is 10.1. The first-order valence-electron chi connectivity index (χ1n) is 9.34. The maximum Gasteiger partial charge on any atom is 0.335 e. The number of hydrogen-bond acceptors (Lipinski definition) is 6. The Hall–Kier alpha value is -3.26. The molecule has 0 aliphatic carbocycles. The van der Waals surface area contributed by atoms with Gasteiger partial charge in [0.25, 0.3) is 5.91 Å². The summed E-state index contributed by atoms with van der Waals surface area (Å²) in [7, 11) is 3.21. The first-order chi connectivity index (χ1) is 14.4. The minimum atomic E-state index is -1.03. The zero-order valence-corrected chi connectivity index (χ0v) is 17.7. The Kier molecular flexibility index (Phi) is 6.79. The smallest absolute Gasteiger partial charge is 0.335 e. The van der Waals surface area contributed by atoms with Crippen LogP contribution in [0.15, 0.2) is 52.4 Å². The van der Waals surface area contributed by atoms with Gasteiger partial charge >= 0.3 is 5.97 Å². The van der Waals surface area contributed by atoms with Crippen LogP contribution in [-0.4, -0.2) is 47.8 Å². The van der Waals surface area contributed by atoms with Crippen LogP contribution in [0.4, 0.5) is 5.69 Å². The lowest BCUT2D eigenvalue weighted by Crippen LogP contribution is -2.23. The molecule has 30 heavy (non-hydrogen) atoms. The highest BCUT2D eigenvalue weighted by molar-refractivity contribution is 8.18. The summed E-state index contributed by atoms with van der Waals surface area (Å²) in [6.07, 6.45) is 2.60. The van der Waals surface area contributed by atoms with Gasteiger partial charge in [-0.15, -0.1) is 0 Å². The molecule has 0 atom stereocenters. The topological polar surface area (TPSA) is 88.4 Å². The third-order valence-corrected chi connectivity index (χ3v) is 5.35. The maximum absolute atomic E-state index is 12.8. The molecule has 1 aliphatic rings. The molecule has 0 unspecified atom stereocenters. The molecular weight excluding hydrogens is 404 g/mol. The van der Waals surface area contributed by atoms with E-state index in [2.05, 4.69) is 4.99 Å². The van der Waals surface area contributed by atoms with Crippen LogP contribution in [0.25, 0.3) is 6.08 Å². The fourth-order valence-electron chi connectivity index (χ4n) is 2.78. The molecule has 0 spiro atoms. The summed E-state index contributed by atoms with van der Waals surface area (Å²) in [5.74, 6) is -0.0397. The van der Waals surface area contributed by atoms with E-state index in [0.29, 0.717) is 33.9 Å². The lowest BCUT2D eigenvalue weighted by molar-refractivity contribution is -0.121. The van der Waals surface area contributed by atoms with Crippen molar-refractivity contribution in [3.63, 3.8) is 0 Å². The van der Waals surface area contributed by atoms with E-state index in [9.17, 15) is 9.59 Å². The van der Waals surface area contributed by atoms with E-state index in [0.717, 1.165) is 12.0 Å². The van der Waals surface area contributed by atoms with Gasteiger partial charge in [-0.3, -0.25) is 9.69 Å². The molecular formula is C22H22N2O5S. The zero-order chi connectivity index (χ0) is 21.7. The Morgan fingerprint density at radius 1 is 1.27 bits per heavy atom. The Morgan fingerprint density at radius 3 is 2.73 bits per heavy atom. The van der Waals surface area contributed by atoms with Gasteiger partial charge in [0.05, 0.1) is 29.9 Å². The summed E-state index contributed by atoms with van der Waals surface area (Å²) in [6.45, 7) is 2.55. The molecule has 156 valence electrons. The number of rotatable bonds is 7. The SMILES string of the molecule is CCCOc1c(/C=C2/SC(=Nc3cccc(C(=O)O)c3)N(C)C2=O)cccc1OC. The molecule has 8 heteroatoms. The van der Waals surface area contributed by atoms with Gasteiger partial charge in [-0.2, -0.15) is 0 Å². The van der Waals surface area contributed by atoms with E-state index in [1.165, 1.54) is 28.8 Å². The molecule has 7 nitrogen and oxygen atoms in total. The predicted molar refractivity (Wildman–Crippen MR) is 118 cm³/mol. The summed E-state index contributed by atoms with van der Waals surface area (Å²) in [5.41, 5.74) is 1.34. The second kappa shape index (κ2) is 9.49. The number of carbonyl (C=O) groups is 2. The van der Waals surface area contributed by atoms with Crippen molar-refractivity contribution in [3.05, 3.63) is 58.5 Å².